The predicted molar refractivity (Wildman–Crippen MR) is 91.6 cm³/mol. The van der Waals surface area contributed by atoms with Crippen LogP contribution in [0.5, 0.6) is 0 Å². The van der Waals surface area contributed by atoms with Crippen LogP contribution in [0.4, 0.5) is 4.79 Å². The van der Waals surface area contributed by atoms with Gasteiger partial charge < -0.3 is 15.1 Å². The van der Waals surface area contributed by atoms with Crippen LogP contribution in [0.15, 0.2) is 24.3 Å². The minimum absolute atomic E-state index is 0.0297. The van der Waals surface area contributed by atoms with Gasteiger partial charge in [0.1, 0.15) is 0 Å². The molecule has 1 N–H and O–H groups in total. The standard InChI is InChI=1S/C17H24ClN3O2/c1-2-8-19-17(23)21-11-9-20(10-12-21)16(22)7-6-14-4-3-5-15(18)13-14/h3-5,13H,2,6-12H2,1H3,(H,19,23). The summed E-state index contributed by atoms with van der Waals surface area (Å²) in [7, 11) is 0. The highest BCUT2D eigenvalue weighted by Crippen LogP contribution is 2.13. The summed E-state index contributed by atoms with van der Waals surface area (Å²) < 4.78 is 0. The Morgan fingerprint density at radius 3 is 2.52 bits per heavy atom. The number of nitrogens with zero attached hydrogens (tertiary/aromatic N) is 2. The Balaban J connectivity index is 1.74. The van der Waals surface area contributed by atoms with Gasteiger partial charge in [0.05, 0.1) is 0 Å². The van der Waals surface area contributed by atoms with Crippen molar-refractivity contribution in [3.63, 3.8) is 0 Å². The number of hydrogen-bond acceptors (Lipinski definition) is 2. The Bertz CT molecular complexity index is 542. The van der Waals surface area contributed by atoms with Crippen molar-refractivity contribution in [2.24, 2.45) is 0 Å². The van der Waals surface area contributed by atoms with E-state index in [4.69, 9.17) is 11.6 Å². The van der Waals surface area contributed by atoms with Crippen molar-refractivity contribution >= 4 is 23.5 Å². The second-order valence-electron chi connectivity index (χ2n) is 5.73. The molecular weight excluding hydrogens is 314 g/mol. The molecule has 126 valence electrons. The second-order valence-corrected chi connectivity index (χ2v) is 6.17. The summed E-state index contributed by atoms with van der Waals surface area (Å²) in [5.41, 5.74) is 1.07. The van der Waals surface area contributed by atoms with E-state index in [0.29, 0.717) is 50.6 Å². The molecule has 0 aliphatic carbocycles. The molecule has 1 aromatic carbocycles. The van der Waals surface area contributed by atoms with E-state index in [1.807, 2.05) is 36.1 Å². The first-order valence-corrected chi connectivity index (χ1v) is 8.53. The average Bonchev–Trinajstić information content (AvgIpc) is 2.57. The molecule has 0 bridgehead atoms. The van der Waals surface area contributed by atoms with Gasteiger partial charge in [0, 0.05) is 44.2 Å². The molecule has 5 nitrogen and oxygen atoms in total. The first kappa shape index (κ1) is 17.6. The van der Waals surface area contributed by atoms with Crippen molar-refractivity contribution < 1.29 is 9.59 Å². The van der Waals surface area contributed by atoms with Gasteiger partial charge in [-0.2, -0.15) is 0 Å². The predicted octanol–water partition coefficient (Wildman–Crippen LogP) is 2.54. The number of amides is 3. The van der Waals surface area contributed by atoms with Crippen LogP contribution in [0, 0.1) is 0 Å². The van der Waals surface area contributed by atoms with Gasteiger partial charge in [0.2, 0.25) is 5.91 Å². The number of aryl methyl sites for hydroxylation is 1. The van der Waals surface area contributed by atoms with Crippen LogP contribution in [-0.2, 0) is 11.2 Å². The summed E-state index contributed by atoms with van der Waals surface area (Å²) in [6, 6.07) is 7.57. The Labute approximate surface area is 142 Å². The number of hydrogen-bond donors (Lipinski definition) is 1. The Hall–Kier alpha value is -1.75. The van der Waals surface area contributed by atoms with Crippen molar-refractivity contribution in [1.29, 1.82) is 0 Å². The van der Waals surface area contributed by atoms with Crippen molar-refractivity contribution in [2.75, 3.05) is 32.7 Å². The Morgan fingerprint density at radius 2 is 1.87 bits per heavy atom. The summed E-state index contributed by atoms with van der Waals surface area (Å²) >= 11 is 5.95. The van der Waals surface area contributed by atoms with E-state index in [1.165, 1.54) is 0 Å². The largest absolute Gasteiger partial charge is 0.339 e. The van der Waals surface area contributed by atoms with E-state index in [9.17, 15) is 9.59 Å². The van der Waals surface area contributed by atoms with Crippen LogP contribution in [0.25, 0.3) is 0 Å². The molecular formula is C17H24ClN3O2. The lowest BCUT2D eigenvalue weighted by atomic mass is 10.1. The second kappa shape index (κ2) is 8.77. The number of carbonyl (C=O) groups is 2. The fourth-order valence-electron chi connectivity index (χ4n) is 2.60. The summed E-state index contributed by atoms with van der Waals surface area (Å²) in [6.07, 6.45) is 2.09. The van der Waals surface area contributed by atoms with E-state index in [-0.39, 0.29) is 11.9 Å². The molecule has 0 radical (unpaired) electrons. The van der Waals surface area contributed by atoms with Gasteiger partial charge in [-0.15, -0.1) is 0 Å². The molecule has 1 heterocycles. The van der Waals surface area contributed by atoms with Crippen LogP contribution in [0.1, 0.15) is 25.3 Å². The summed E-state index contributed by atoms with van der Waals surface area (Å²) in [4.78, 5) is 27.8. The fraction of sp³-hybridized carbons (Fsp3) is 0.529. The first-order valence-electron chi connectivity index (χ1n) is 8.15. The average molecular weight is 338 g/mol. The van der Waals surface area contributed by atoms with Gasteiger partial charge in [-0.3, -0.25) is 4.79 Å². The van der Waals surface area contributed by atoms with Crippen molar-refractivity contribution in [2.45, 2.75) is 26.2 Å². The van der Waals surface area contributed by atoms with Crippen LogP contribution in [-0.4, -0.2) is 54.5 Å². The molecule has 3 amide bonds. The van der Waals surface area contributed by atoms with E-state index >= 15 is 0 Å². The van der Waals surface area contributed by atoms with Crippen LogP contribution >= 0.6 is 11.6 Å². The quantitative estimate of drug-likeness (QED) is 0.897. The molecule has 1 aliphatic rings. The SMILES string of the molecule is CCCNC(=O)N1CCN(C(=O)CCc2cccc(Cl)c2)CC1. The lowest BCUT2D eigenvalue weighted by Gasteiger charge is -2.34. The van der Waals surface area contributed by atoms with Gasteiger partial charge in [-0.05, 0) is 30.5 Å². The van der Waals surface area contributed by atoms with Gasteiger partial charge >= 0.3 is 6.03 Å². The molecule has 1 saturated heterocycles. The van der Waals surface area contributed by atoms with Crippen LogP contribution in [0.2, 0.25) is 5.02 Å². The normalized spacial score (nSPS) is 14.7. The van der Waals surface area contributed by atoms with E-state index in [2.05, 4.69) is 5.32 Å². The molecule has 2 rings (SSSR count). The number of benzene rings is 1. The summed E-state index contributed by atoms with van der Waals surface area (Å²) in [6.45, 7) is 5.12. The molecule has 0 unspecified atom stereocenters. The van der Waals surface area contributed by atoms with Crippen molar-refractivity contribution in [3.8, 4) is 0 Å². The Kier molecular flexibility index (Phi) is 6.71. The number of rotatable bonds is 5. The number of halogens is 1. The molecule has 0 aromatic heterocycles. The number of carbonyl (C=O) groups excluding carboxylic acids is 2. The highest BCUT2D eigenvalue weighted by molar-refractivity contribution is 6.30. The summed E-state index contributed by atoms with van der Waals surface area (Å²) in [5, 5.41) is 3.57. The van der Waals surface area contributed by atoms with Gasteiger partial charge in [-0.25, -0.2) is 4.79 Å². The maximum Gasteiger partial charge on any atom is 0.317 e. The molecule has 6 heteroatoms. The molecule has 1 aliphatic heterocycles. The van der Waals surface area contributed by atoms with Gasteiger partial charge in [0.15, 0.2) is 0 Å². The van der Waals surface area contributed by atoms with Gasteiger partial charge in [-0.1, -0.05) is 30.7 Å². The molecule has 23 heavy (non-hydrogen) atoms. The highest BCUT2D eigenvalue weighted by atomic mass is 35.5. The zero-order chi connectivity index (χ0) is 16.7. The Morgan fingerprint density at radius 1 is 1.17 bits per heavy atom. The topological polar surface area (TPSA) is 52.7 Å². The number of nitrogens with one attached hydrogen (secondary N) is 1. The number of urea groups is 1. The smallest absolute Gasteiger partial charge is 0.317 e. The maximum absolute atomic E-state index is 12.3. The molecule has 0 atom stereocenters. The third kappa shape index (κ3) is 5.43. The number of piperazine rings is 1. The molecule has 0 spiro atoms. The third-order valence-corrected chi connectivity index (χ3v) is 4.20. The highest BCUT2D eigenvalue weighted by Gasteiger charge is 2.23. The maximum atomic E-state index is 12.3. The van der Waals surface area contributed by atoms with Crippen LogP contribution < -0.4 is 5.32 Å². The minimum atomic E-state index is -0.0297. The zero-order valence-electron chi connectivity index (χ0n) is 13.6. The lowest BCUT2D eigenvalue weighted by molar-refractivity contribution is -0.132. The fourth-order valence-corrected chi connectivity index (χ4v) is 2.82. The minimum Gasteiger partial charge on any atom is -0.339 e. The van der Waals surface area contributed by atoms with Crippen molar-refractivity contribution in [3.05, 3.63) is 34.9 Å². The van der Waals surface area contributed by atoms with Crippen molar-refractivity contribution in [1.82, 2.24) is 15.1 Å². The zero-order valence-corrected chi connectivity index (χ0v) is 14.3. The molecule has 0 saturated carbocycles. The van der Waals surface area contributed by atoms with Crippen LogP contribution in [0.3, 0.4) is 0 Å². The van der Waals surface area contributed by atoms with E-state index in [0.717, 1.165) is 12.0 Å². The molecule has 1 fully saturated rings. The first-order chi connectivity index (χ1) is 11.1. The van der Waals surface area contributed by atoms with Gasteiger partial charge in [0.25, 0.3) is 0 Å². The summed E-state index contributed by atoms with van der Waals surface area (Å²) in [5.74, 6) is 0.138. The monoisotopic (exact) mass is 337 g/mol. The molecule has 1 aromatic rings. The third-order valence-electron chi connectivity index (χ3n) is 3.96. The lowest BCUT2D eigenvalue weighted by Crippen LogP contribution is -2.53. The van der Waals surface area contributed by atoms with E-state index in [1.54, 1.807) is 4.90 Å². The van der Waals surface area contributed by atoms with E-state index < -0.39 is 0 Å².